The molecule has 2 aliphatic rings. The van der Waals surface area contributed by atoms with E-state index in [4.69, 9.17) is 4.74 Å². The van der Waals surface area contributed by atoms with Crippen LogP contribution in [-0.2, 0) is 10.2 Å². The van der Waals surface area contributed by atoms with Crippen LogP contribution in [0, 0.1) is 0 Å². The summed E-state index contributed by atoms with van der Waals surface area (Å²) in [6.45, 7) is 0.930. The Morgan fingerprint density at radius 2 is 2.07 bits per heavy atom. The minimum absolute atomic E-state index is 0.353. The van der Waals surface area contributed by atoms with Crippen molar-refractivity contribution in [1.29, 1.82) is 0 Å². The average Bonchev–Trinajstić information content (AvgIpc) is 2.79. The van der Waals surface area contributed by atoms with E-state index >= 15 is 0 Å². The number of rotatable bonds is 1. The normalized spacial score (nSPS) is 35.1. The maximum Gasteiger partial charge on any atom is 0.0585 e. The van der Waals surface area contributed by atoms with Crippen molar-refractivity contribution in [3.05, 3.63) is 34.3 Å². The molecule has 1 aromatic carbocycles. The summed E-state index contributed by atoms with van der Waals surface area (Å²) < 4.78 is 6.89. The molecular formula is C12H13BrO. The van der Waals surface area contributed by atoms with Crippen molar-refractivity contribution in [2.45, 2.75) is 30.8 Å². The second-order valence-corrected chi connectivity index (χ2v) is 5.38. The number of fused-ring (bicyclic) bond motifs is 2. The van der Waals surface area contributed by atoms with Crippen molar-refractivity contribution in [1.82, 2.24) is 0 Å². The van der Waals surface area contributed by atoms with Gasteiger partial charge in [0.25, 0.3) is 0 Å². The maximum atomic E-state index is 5.73. The van der Waals surface area contributed by atoms with E-state index in [9.17, 15) is 0 Å². The number of benzene rings is 1. The molecule has 0 N–H and O–H groups in total. The first-order valence-electron chi connectivity index (χ1n) is 5.16. The van der Waals surface area contributed by atoms with Gasteiger partial charge >= 0.3 is 0 Å². The van der Waals surface area contributed by atoms with Gasteiger partial charge in [-0.25, -0.2) is 0 Å². The molecule has 0 radical (unpaired) electrons. The van der Waals surface area contributed by atoms with E-state index < -0.39 is 0 Å². The summed E-state index contributed by atoms with van der Waals surface area (Å²) in [5.41, 5.74) is 1.81. The van der Waals surface area contributed by atoms with Gasteiger partial charge in [-0.2, -0.15) is 0 Å². The van der Waals surface area contributed by atoms with Gasteiger partial charge < -0.3 is 4.74 Å². The highest BCUT2D eigenvalue weighted by Crippen LogP contribution is 2.48. The second kappa shape index (κ2) is 3.07. The van der Waals surface area contributed by atoms with Crippen molar-refractivity contribution in [2.24, 2.45) is 0 Å². The van der Waals surface area contributed by atoms with Crippen molar-refractivity contribution in [3.63, 3.8) is 0 Å². The molecule has 1 saturated carbocycles. The van der Waals surface area contributed by atoms with Crippen molar-refractivity contribution in [3.8, 4) is 0 Å². The van der Waals surface area contributed by atoms with Gasteiger partial charge in [0.05, 0.1) is 12.7 Å². The van der Waals surface area contributed by atoms with Gasteiger partial charge in [0, 0.05) is 9.89 Å². The molecule has 2 unspecified atom stereocenters. The molecule has 2 heteroatoms. The Bertz CT molecular complexity index is 336. The lowest BCUT2D eigenvalue weighted by molar-refractivity contribution is 0.0698. The molecule has 14 heavy (non-hydrogen) atoms. The fourth-order valence-electron chi connectivity index (χ4n) is 2.78. The fourth-order valence-corrected chi connectivity index (χ4v) is 3.04. The van der Waals surface area contributed by atoms with Gasteiger partial charge in [-0.3, -0.25) is 0 Å². The Morgan fingerprint density at radius 3 is 2.57 bits per heavy atom. The molecule has 1 aliphatic heterocycles. The largest absolute Gasteiger partial charge is 0.377 e. The summed E-state index contributed by atoms with van der Waals surface area (Å²) in [4.78, 5) is 0. The molecule has 2 bridgehead atoms. The first-order chi connectivity index (χ1) is 6.78. The van der Waals surface area contributed by atoms with Gasteiger partial charge in [-0.05, 0) is 37.0 Å². The Kier molecular flexibility index (Phi) is 1.96. The van der Waals surface area contributed by atoms with Crippen LogP contribution >= 0.6 is 15.9 Å². The molecule has 1 aliphatic carbocycles. The average molecular weight is 253 g/mol. The highest BCUT2D eigenvalue weighted by molar-refractivity contribution is 9.10. The van der Waals surface area contributed by atoms with E-state index in [1.165, 1.54) is 24.8 Å². The van der Waals surface area contributed by atoms with Crippen LogP contribution in [0.3, 0.4) is 0 Å². The molecule has 2 fully saturated rings. The Morgan fingerprint density at radius 1 is 1.29 bits per heavy atom. The minimum atomic E-state index is 0.353. The predicted octanol–water partition coefficient (Wildman–Crippen LogP) is 3.27. The van der Waals surface area contributed by atoms with Crippen LogP contribution in [0.1, 0.15) is 24.8 Å². The number of ether oxygens (including phenoxy) is 1. The first kappa shape index (κ1) is 8.93. The number of hydrogen-bond acceptors (Lipinski definition) is 1. The van der Waals surface area contributed by atoms with Crippen LogP contribution in [0.15, 0.2) is 28.7 Å². The molecule has 1 aromatic rings. The van der Waals surface area contributed by atoms with E-state index in [1.807, 2.05) is 0 Å². The molecule has 0 amide bonds. The Balaban J connectivity index is 1.98. The maximum absolute atomic E-state index is 5.73. The molecule has 0 spiro atoms. The summed E-state index contributed by atoms with van der Waals surface area (Å²) in [6, 6.07) is 8.74. The van der Waals surface area contributed by atoms with E-state index in [0.717, 1.165) is 11.1 Å². The third-order valence-corrected chi connectivity index (χ3v) is 4.14. The van der Waals surface area contributed by atoms with Crippen molar-refractivity contribution < 1.29 is 4.74 Å². The van der Waals surface area contributed by atoms with Crippen LogP contribution in [0.25, 0.3) is 0 Å². The highest BCUT2D eigenvalue weighted by atomic mass is 79.9. The number of hydrogen-bond donors (Lipinski definition) is 0. The first-order valence-corrected chi connectivity index (χ1v) is 5.95. The lowest BCUT2D eigenvalue weighted by atomic mass is 9.80. The summed E-state index contributed by atoms with van der Waals surface area (Å²) >= 11 is 3.47. The molecule has 1 saturated heterocycles. The van der Waals surface area contributed by atoms with Crippen molar-refractivity contribution >= 4 is 15.9 Å². The zero-order chi connectivity index (χ0) is 9.60. The zero-order valence-corrected chi connectivity index (χ0v) is 9.59. The Labute approximate surface area is 92.6 Å². The molecular weight excluding hydrogens is 240 g/mol. The lowest BCUT2D eigenvalue weighted by Gasteiger charge is -2.26. The number of halogens is 1. The third kappa shape index (κ3) is 1.24. The lowest BCUT2D eigenvalue weighted by Crippen LogP contribution is -2.25. The van der Waals surface area contributed by atoms with Crippen LogP contribution in [0.2, 0.25) is 0 Å². The molecule has 74 valence electrons. The summed E-state index contributed by atoms with van der Waals surface area (Å²) in [7, 11) is 0. The quantitative estimate of drug-likeness (QED) is 0.746. The van der Waals surface area contributed by atoms with Crippen LogP contribution in [-0.4, -0.2) is 12.7 Å². The van der Waals surface area contributed by atoms with Gasteiger partial charge in [0.15, 0.2) is 0 Å². The van der Waals surface area contributed by atoms with E-state index in [-0.39, 0.29) is 0 Å². The summed E-state index contributed by atoms with van der Waals surface area (Å²) in [6.07, 6.45) is 4.32. The predicted molar refractivity (Wildman–Crippen MR) is 59.4 cm³/mol. The smallest absolute Gasteiger partial charge is 0.0585 e. The van der Waals surface area contributed by atoms with Gasteiger partial charge in [0.2, 0.25) is 0 Å². The molecule has 1 heterocycles. The van der Waals surface area contributed by atoms with Gasteiger partial charge in [-0.1, -0.05) is 28.1 Å². The van der Waals surface area contributed by atoms with E-state index in [1.54, 1.807) is 0 Å². The molecule has 3 rings (SSSR count). The monoisotopic (exact) mass is 252 g/mol. The van der Waals surface area contributed by atoms with Crippen LogP contribution in [0.5, 0.6) is 0 Å². The minimum Gasteiger partial charge on any atom is -0.377 e. The summed E-state index contributed by atoms with van der Waals surface area (Å²) in [5.74, 6) is 0. The molecule has 1 nitrogen and oxygen atoms in total. The third-order valence-electron chi connectivity index (χ3n) is 3.62. The second-order valence-electron chi connectivity index (χ2n) is 4.46. The topological polar surface area (TPSA) is 9.23 Å². The Hall–Kier alpha value is -0.340. The van der Waals surface area contributed by atoms with E-state index in [2.05, 4.69) is 40.2 Å². The highest BCUT2D eigenvalue weighted by Gasteiger charge is 2.46. The SMILES string of the molecule is Brc1ccc(C23CCC(C2)OC3)cc1. The fraction of sp³-hybridized carbons (Fsp3) is 0.500. The zero-order valence-electron chi connectivity index (χ0n) is 8.00. The molecule has 2 atom stereocenters. The van der Waals surface area contributed by atoms with Crippen LogP contribution < -0.4 is 0 Å². The van der Waals surface area contributed by atoms with Gasteiger partial charge in [0.1, 0.15) is 0 Å². The standard InChI is InChI=1S/C12H13BrO/c13-10-3-1-9(2-4-10)12-6-5-11(7-12)14-8-12/h1-4,11H,5-8H2. The summed E-state index contributed by atoms with van der Waals surface area (Å²) in [5, 5.41) is 0. The molecule has 0 aromatic heterocycles. The van der Waals surface area contributed by atoms with E-state index in [0.29, 0.717) is 11.5 Å². The van der Waals surface area contributed by atoms with Crippen molar-refractivity contribution in [2.75, 3.05) is 6.61 Å². The van der Waals surface area contributed by atoms with Gasteiger partial charge in [-0.15, -0.1) is 0 Å². The van der Waals surface area contributed by atoms with Crippen LogP contribution in [0.4, 0.5) is 0 Å².